The Morgan fingerprint density at radius 1 is 1.59 bits per heavy atom. The predicted octanol–water partition coefficient (Wildman–Crippen LogP) is 2.23. The number of oxime groups is 1. The van der Waals surface area contributed by atoms with E-state index in [0.717, 1.165) is 12.8 Å². The number of hydrogen-bond donors (Lipinski definition) is 1. The molecule has 0 atom stereocenters. The quantitative estimate of drug-likeness (QED) is 0.334. The minimum Gasteiger partial charge on any atom is -0.395 e. The molecule has 1 rings (SSSR count). The van der Waals surface area contributed by atoms with Crippen molar-refractivity contribution in [2.75, 3.05) is 12.3 Å². The summed E-state index contributed by atoms with van der Waals surface area (Å²) in [7, 11) is 0. The fourth-order valence-electron chi connectivity index (χ4n) is 1.24. The lowest BCUT2D eigenvalue weighted by Gasteiger charge is -1.99. The van der Waals surface area contributed by atoms with Crippen molar-refractivity contribution in [3.63, 3.8) is 0 Å². The first-order chi connectivity index (χ1) is 8.27. The van der Waals surface area contributed by atoms with Gasteiger partial charge in [0, 0.05) is 5.38 Å². The molecule has 0 fully saturated rings. The first-order valence-corrected chi connectivity index (χ1v) is 6.52. The standard InChI is InChI=1S/C11H17N3O2S/c1-2-3-4-5-6-16-14-9(7-15)10-8-17-11(12)13-10/h7-8H,2-6H2,1H3,(H2,12,13). The number of nitrogens with zero attached hydrogens (tertiary/aromatic N) is 2. The molecule has 0 aromatic carbocycles. The number of nitrogen functional groups attached to an aromatic ring is 1. The number of anilines is 1. The molecule has 0 saturated carbocycles. The number of carbonyl (C=O) groups is 1. The third kappa shape index (κ3) is 4.95. The molecule has 0 aliphatic heterocycles. The van der Waals surface area contributed by atoms with Gasteiger partial charge in [0.2, 0.25) is 0 Å². The molecule has 0 aliphatic rings. The molecule has 5 nitrogen and oxygen atoms in total. The van der Waals surface area contributed by atoms with Crippen LogP contribution in [0.15, 0.2) is 10.5 Å². The average Bonchev–Trinajstić information content (AvgIpc) is 2.75. The van der Waals surface area contributed by atoms with E-state index in [2.05, 4.69) is 17.1 Å². The van der Waals surface area contributed by atoms with Crippen molar-refractivity contribution < 1.29 is 9.63 Å². The number of thiazole rings is 1. The van der Waals surface area contributed by atoms with Crippen LogP contribution in [0.4, 0.5) is 5.13 Å². The Bertz CT molecular complexity index is 377. The van der Waals surface area contributed by atoms with Crippen molar-refractivity contribution in [2.45, 2.75) is 32.6 Å². The zero-order valence-corrected chi connectivity index (χ0v) is 10.7. The van der Waals surface area contributed by atoms with Crippen LogP contribution in [0, 0.1) is 0 Å². The summed E-state index contributed by atoms with van der Waals surface area (Å²) in [6.07, 6.45) is 5.06. The van der Waals surface area contributed by atoms with Crippen molar-refractivity contribution in [3.05, 3.63) is 11.1 Å². The SMILES string of the molecule is CCCCCCON=C(C=O)c1csc(N)n1. The van der Waals surface area contributed by atoms with E-state index in [1.807, 2.05) is 0 Å². The molecule has 1 aromatic rings. The fourth-order valence-corrected chi connectivity index (χ4v) is 1.80. The van der Waals surface area contributed by atoms with Gasteiger partial charge in [-0.2, -0.15) is 0 Å². The molecule has 0 spiro atoms. The molecular weight excluding hydrogens is 238 g/mol. The molecule has 0 radical (unpaired) electrons. The lowest BCUT2D eigenvalue weighted by atomic mass is 10.2. The van der Waals surface area contributed by atoms with Gasteiger partial charge in [0.1, 0.15) is 12.3 Å². The summed E-state index contributed by atoms with van der Waals surface area (Å²) in [5.74, 6) is 0. The highest BCUT2D eigenvalue weighted by molar-refractivity contribution is 7.13. The average molecular weight is 255 g/mol. The second kappa shape index (κ2) is 7.78. The van der Waals surface area contributed by atoms with Gasteiger partial charge in [-0.3, -0.25) is 4.79 Å². The van der Waals surface area contributed by atoms with Gasteiger partial charge < -0.3 is 10.6 Å². The zero-order chi connectivity index (χ0) is 12.5. The number of aromatic nitrogens is 1. The Hall–Kier alpha value is -1.43. The van der Waals surface area contributed by atoms with E-state index >= 15 is 0 Å². The van der Waals surface area contributed by atoms with E-state index in [1.165, 1.54) is 24.2 Å². The van der Waals surface area contributed by atoms with Gasteiger partial charge in [-0.1, -0.05) is 24.9 Å². The number of carbonyl (C=O) groups excluding carboxylic acids is 1. The summed E-state index contributed by atoms with van der Waals surface area (Å²) in [6, 6.07) is 0. The van der Waals surface area contributed by atoms with E-state index in [1.54, 1.807) is 5.38 Å². The van der Waals surface area contributed by atoms with E-state index in [4.69, 9.17) is 10.6 Å². The van der Waals surface area contributed by atoms with Crippen molar-refractivity contribution in [1.29, 1.82) is 0 Å². The topological polar surface area (TPSA) is 77.6 Å². The van der Waals surface area contributed by atoms with Crippen LogP contribution in [-0.4, -0.2) is 23.6 Å². The van der Waals surface area contributed by atoms with E-state index in [9.17, 15) is 4.79 Å². The smallest absolute Gasteiger partial charge is 0.180 e. The summed E-state index contributed by atoms with van der Waals surface area (Å²) < 4.78 is 0. The second-order valence-electron chi connectivity index (χ2n) is 3.56. The lowest BCUT2D eigenvalue weighted by molar-refractivity contribution is -0.102. The van der Waals surface area contributed by atoms with Crippen LogP contribution in [-0.2, 0) is 9.63 Å². The number of unbranched alkanes of at least 4 members (excludes halogenated alkanes) is 3. The van der Waals surface area contributed by atoms with Crippen molar-refractivity contribution >= 4 is 28.5 Å². The maximum atomic E-state index is 10.8. The Labute approximate surface area is 105 Å². The van der Waals surface area contributed by atoms with Crippen LogP contribution in [0.2, 0.25) is 0 Å². The predicted molar refractivity (Wildman–Crippen MR) is 69.2 cm³/mol. The van der Waals surface area contributed by atoms with Crippen molar-refractivity contribution in [3.8, 4) is 0 Å². The molecule has 0 amide bonds. The molecule has 94 valence electrons. The highest BCUT2D eigenvalue weighted by Gasteiger charge is 2.07. The number of nitrogens with two attached hydrogens (primary N) is 1. The van der Waals surface area contributed by atoms with Crippen molar-refractivity contribution in [1.82, 2.24) is 4.98 Å². The summed E-state index contributed by atoms with van der Waals surface area (Å²) in [5.41, 5.74) is 6.13. The van der Waals surface area contributed by atoms with Crippen LogP contribution in [0.25, 0.3) is 0 Å². The fraction of sp³-hybridized carbons (Fsp3) is 0.545. The molecule has 2 N–H and O–H groups in total. The van der Waals surface area contributed by atoms with Gasteiger partial charge in [0.15, 0.2) is 17.1 Å². The highest BCUT2D eigenvalue weighted by atomic mass is 32.1. The zero-order valence-electron chi connectivity index (χ0n) is 9.89. The molecule has 17 heavy (non-hydrogen) atoms. The lowest BCUT2D eigenvalue weighted by Crippen LogP contribution is -2.05. The maximum absolute atomic E-state index is 10.8. The highest BCUT2D eigenvalue weighted by Crippen LogP contribution is 2.11. The second-order valence-corrected chi connectivity index (χ2v) is 4.45. The van der Waals surface area contributed by atoms with Gasteiger partial charge in [-0.25, -0.2) is 4.98 Å². The first-order valence-electron chi connectivity index (χ1n) is 5.64. The molecule has 1 aromatic heterocycles. The molecule has 0 unspecified atom stereocenters. The molecule has 1 heterocycles. The van der Waals surface area contributed by atoms with E-state index < -0.39 is 0 Å². The minimum absolute atomic E-state index is 0.188. The monoisotopic (exact) mass is 255 g/mol. The molecular formula is C11H17N3O2S. The van der Waals surface area contributed by atoms with Gasteiger partial charge in [0.25, 0.3) is 0 Å². The van der Waals surface area contributed by atoms with Gasteiger partial charge >= 0.3 is 0 Å². The maximum Gasteiger partial charge on any atom is 0.180 e. The third-order valence-corrected chi connectivity index (χ3v) is 2.82. The number of hydrogen-bond acceptors (Lipinski definition) is 6. The van der Waals surface area contributed by atoms with E-state index in [0.29, 0.717) is 23.7 Å². The molecule has 6 heteroatoms. The Kier molecular flexibility index (Phi) is 6.24. The Balaban J connectivity index is 2.37. The van der Waals surface area contributed by atoms with Crippen LogP contribution in [0.1, 0.15) is 38.3 Å². The summed E-state index contributed by atoms with van der Waals surface area (Å²) in [4.78, 5) is 19.8. The third-order valence-electron chi connectivity index (χ3n) is 2.15. The molecule has 0 bridgehead atoms. The molecule has 0 aliphatic carbocycles. The van der Waals surface area contributed by atoms with Crippen LogP contribution < -0.4 is 5.73 Å². The molecule has 0 saturated heterocycles. The summed E-state index contributed by atoms with van der Waals surface area (Å²) in [5, 5.41) is 5.86. The van der Waals surface area contributed by atoms with Gasteiger partial charge in [-0.05, 0) is 12.8 Å². The van der Waals surface area contributed by atoms with Crippen LogP contribution in [0.5, 0.6) is 0 Å². The van der Waals surface area contributed by atoms with Crippen LogP contribution in [0.3, 0.4) is 0 Å². The summed E-state index contributed by atoms with van der Waals surface area (Å²) in [6.45, 7) is 2.67. The first kappa shape index (κ1) is 13.6. The van der Waals surface area contributed by atoms with E-state index in [-0.39, 0.29) is 5.71 Å². The van der Waals surface area contributed by atoms with Crippen molar-refractivity contribution in [2.24, 2.45) is 5.16 Å². The largest absolute Gasteiger partial charge is 0.395 e. The Morgan fingerprint density at radius 2 is 2.41 bits per heavy atom. The van der Waals surface area contributed by atoms with Gasteiger partial charge in [-0.15, -0.1) is 11.3 Å². The minimum atomic E-state index is 0.188. The number of aldehydes is 1. The summed E-state index contributed by atoms with van der Waals surface area (Å²) >= 11 is 1.27. The van der Waals surface area contributed by atoms with Crippen LogP contribution >= 0.6 is 11.3 Å². The number of rotatable bonds is 8. The normalized spacial score (nSPS) is 11.5. The Morgan fingerprint density at radius 3 is 3.00 bits per heavy atom. The van der Waals surface area contributed by atoms with Gasteiger partial charge in [0.05, 0.1) is 0 Å².